The lowest BCUT2D eigenvalue weighted by atomic mass is 10.2. The molecule has 4 aromatic rings. The standard InChI is InChI=1S/C23H18F3N5O4S2/c24-23(25,26)35-16-9-10-19-18(12-16)20(21(32)31(19)13-14-5-2-1-3-6-14)29-30-22(36)28-15-7-4-8-17(11-15)37(27,33)34/h1-12,32H,13H2,(H,28,36)(H2,27,33,34). The third kappa shape index (κ3) is 6.41. The topological polar surface area (TPSA) is 131 Å². The highest BCUT2D eigenvalue weighted by atomic mass is 32.2. The summed E-state index contributed by atoms with van der Waals surface area (Å²) in [5.74, 6) is -0.861. The number of fused-ring (bicyclic) bond motifs is 1. The van der Waals surface area contributed by atoms with Gasteiger partial charge in [-0.15, -0.1) is 23.4 Å². The van der Waals surface area contributed by atoms with Crippen LogP contribution in [0.2, 0.25) is 0 Å². The van der Waals surface area contributed by atoms with Crippen LogP contribution in [0, 0.1) is 0 Å². The first-order chi connectivity index (χ1) is 17.4. The van der Waals surface area contributed by atoms with E-state index in [4.69, 9.17) is 17.4 Å². The molecule has 3 aromatic carbocycles. The maximum absolute atomic E-state index is 12.8. The number of azo groups is 1. The number of nitrogens with two attached hydrogens (primary N) is 1. The summed E-state index contributed by atoms with van der Waals surface area (Å²) in [6.07, 6.45) is -4.92. The van der Waals surface area contributed by atoms with E-state index in [1.807, 2.05) is 30.3 Å². The van der Waals surface area contributed by atoms with Gasteiger partial charge >= 0.3 is 6.36 Å². The third-order valence-corrected chi connectivity index (χ3v) is 6.15. The number of benzene rings is 3. The minimum absolute atomic E-state index is 0.137. The first kappa shape index (κ1) is 26.1. The molecular weight excluding hydrogens is 531 g/mol. The van der Waals surface area contributed by atoms with Crippen LogP contribution in [-0.2, 0) is 16.6 Å². The van der Waals surface area contributed by atoms with Gasteiger partial charge in [0.25, 0.3) is 0 Å². The zero-order valence-corrected chi connectivity index (χ0v) is 20.3. The second-order valence-corrected chi connectivity index (χ2v) is 9.62. The Morgan fingerprint density at radius 3 is 2.49 bits per heavy atom. The van der Waals surface area contributed by atoms with Crippen LogP contribution in [0.3, 0.4) is 0 Å². The molecule has 0 aliphatic heterocycles. The van der Waals surface area contributed by atoms with Gasteiger partial charge in [0.15, 0.2) is 5.69 Å². The number of sulfonamides is 1. The van der Waals surface area contributed by atoms with Gasteiger partial charge in [-0.1, -0.05) is 36.4 Å². The van der Waals surface area contributed by atoms with Gasteiger partial charge in [-0.25, -0.2) is 13.6 Å². The molecule has 1 aromatic heterocycles. The van der Waals surface area contributed by atoms with Gasteiger partial charge in [-0.3, -0.25) is 0 Å². The fraction of sp³-hybridized carbons (Fsp3) is 0.0870. The fourth-order valence-corrected chi connectivity index (χ4v) is 4.24. The summed E-state index contributed by atoms with van der Waals surface area (Å²) in [6.45, 7) is 0.196. The Hall–Kier alpha value is -4.01. The number of anilines is 1. The minimum atomic E-state index is -4.92. The van der Waals surface area contributed by atoms with E-state index in [1.165, 1.54) is 34.9 Å². The number of aromatic hydroxyl groups is 1. The SMILES string of the molecule is NS(=O)(=O)c1cccc(NC(=S)N=Nc2c(O)n(Cc3ccccc3)c3ccc(OC(F)(F)F)cc23)c1. The van der Waals surface area contributed by atoms with Crippen LogP contribution in [0.4, 0.5) is 24.5 Å². The summed E-state index contributed by atoms with van der Waals surface area (Å²) in [5, 5.41) is 26.5. The summed E-state index contributed by atoms with van der Waals surface area (Å²) in [5.41, 5.74) is 1.32. The highest BCUT2D eigenvalue weighted by molar-refractivity contribution is 7.89. The van der Waals surface area contributed by atoms with E-state index in [9.17, 15) is 26.7 Å². The second kappa shape index (κ2) is 10.2. The Bertz CT molecular complexity index is 1600. The Labute approximate surface area is 214 Å². The highest BCUT2D eigenvalue weighted by Crippen LogP contribution is 2.41. The van der Waals surface area contributed by atoms with Gasteiger partial charge in [-0.05, 0) is 54.2 Å². The number of primary sulfonamides is 1. The molecule has 0 saturated carbocycles. The Kier molecular flexibility index (Phi) is 7.16. The van der Waals surface area contributed by atoms with E-state index < -0.39 is 22.1 Å². The summed E-state index contributed by atoms with van der Waals surface area (Å²) < 4.78 is 66.9. The highest BCUT2D eigenvalue weighted by Gasteiger charge is 2.31. The van der Waals surface area contributed by atoms with E-state index in [-0.39, 0.29) is 39.2 Å². The van der Waals surface area contributed by atoms with Crippen LogP contribution in [-0.4, -0.2) is 29.6 Å². The first-order valence-electron chi connectivity index (χ1n) is 10.4. The van der Waals surface area contributed by atoms with Crippen LogP contribution >= 0.6 is 12.2 Å². The Morgan fingerprint density at radius 2 is 1.81 bits per heavy atom. The molecule has 4 rings (SSSR count). The average Bonchev–Trinajstić information content (AvgIpc) is 3.07. The van der Waals surface area contributed by atoms with Gasteiger partial charge in [0, 0.05) is 11.1 Å². The molecule has 9 nitrogen and oxygen atoms in total. The lowest BCUT2D eigenvalue weighted by Gasteiger charge is -2.09. The number of alkyl halides is 3. The lowest BCUT2D eigenvalue weighted by Crippen LogP contribution is -2.17. The Balaban J connectivity index is 1.70. The van der Waals surface area contributed by atoms with E-state index in [2.05, 4.69) is 20.3 Å². The van der Waals surface area contributed by atoms with E-state index >= 15 is 0 Å². The predicted octanol–water partition coefficient (Wildman–Crippen LogP) is 5.42. The Morgan fingerprint density at radius 1 is 1.08 bits per heavy atom. The molecule has 0 unspecified atom stereocenters. The van der Waals surface area contributed by atoms with Gasteiger partial charge in [0.2, 0.25) is 21.0 Å². The van der Waals surface area contributed by atoms with Crippen molar-refractivity contribution in [1.29, 1.82) is 0 Å². The molecule has 192 valence electrons. The molecule has 0 fully saturated rings. The van der Waals surface area contributed by atoms with Crippen molar-refractivity contribution in [3.63, 3.8) is 0 Å². The second-order valence-electron chi connectivity index (χ2n) is 7.67. The predicted molar refractivity (Wildman–Crippen MR) is 134 cm³/mol. The molecule has 0 bridgehead atoms. The number of rotatable bonds is 6. The maximum atomic E-state index is 12.8. The molecule has 1 heterocycles. The van der Waals surface area contributed by atoms with E-state index in [1.54, 1.807) is 0 Å². The quantitative estimate of drug-likeness (QED) is 0.217. The van der Waals surface area contributed by atoms with Crippen molar-refractivity contribution in [1.82, 2.24) is 4.57 Å². The van der Waals surface area contributed by atoms with Crippen LogP contribution in [0.1, 0.15) is 5.56 Å². The largest absolute Gasteiger partial charge is 0.573 e. The molecular formula is C23H18F3N5O4S2. The number of ether oxygens (including phenoxy) is 1. The first-order valence-corrected chi connectivity index (χ1v) is 12.4. The zero-order chi connectivity index (χ0) is 26.8. The molecule has 0 radical (unpaired) electrons. The van der Waals surface area contributed by atoms with E-state index in [0.717, 1.165) is 17.7 Å². The molecule has 37 heavy (non-hydrogen) atoms. The fourth-order valence-electron chi connectivity index (χ4n) is 3.52. The normalized spacial score (nSPS) is 12.2. The van der Waals surface area contributed by atoms with E-state index in [0.29, 0.717) is 5.52 Å². The smallest absolute Gasteiger partial charge is 0.493 e. The van der Waals surface area contributed by atoms with Crippen molar-refractivity contribution < 1.29 is 31.4 Å². The monoisotopic (exact) mass is 549 g/mol. The van der Waals surface area contributed by atoms with Crippen molar-refractivity contribution in [3.8, 4) is 11.6 Å². The molecule has 0 aliphatic carbocycles. The molecule has 0 aliphatic rings. The number of nitrogens with zero attached hydrogens (tertiary/aromatic N) is 3. The zero-order valence-electron chi connectivity index (χ0n) is 18.7. The third-order valence-electron chi connectivity index (χ3n) is 5.05. The molecule has 0 amide bonds. The van der Waals surface area contributed by atoms with Gasteiger partial charge in [0.1, 0.15) is 5.75 Å². The number of halogens is 3. The summed E-state index contributed by atoms with van der Waals surface area (Å²) in [7, 11) is -3.95. The summed E-state index contributed by atoms with van der Waals surface area (Å²) in [6, 6.07) is 18.2. The molecule has 4 N–H and O–H groups in total. The van der Waals surface area contributed by atoms with Crippen LogP contribution < -0.4 is 15.2 Å². The number of hydrogen-bond donors (Lipinski definition) is 3. The van der Waals surface area contributed by atoms with Crippen LogP contribution in [0.15, 0.2) is 87.9 Å². The van der Waals surface area contributed by atoms with Crippen LogP contribution in [0.5, 0.6) is 11.6 Å². The number of nitrogens with one attached hydrogen (secondary N) is 1. The van der Waals surface area contributed by atoms with Crippen molar-refractivity contribution in [3.05, 3.63) is 78.4 Å². The van der Waals surface area contributed by atoms with Crippen LogP contribution in [0.25, 0.3) is 10.9 Å². The van der Waals surface area contributed by atoms with Crippen molar-refractivity contribution in [2.45, 2.75) is 17.8 Å². The number of thiocarbonyl (C=S) groups is 1. The number of aromatic nitrogens is 1. The lowest BCUT2D eigenvalue weighted by molar-refractivity contribution is -0.274. The summed E-state index contributed by atoms with van der Waals surface area (Å²) >= 11 is 5.13. The van der Waals surface area contributed by atoms with Gasteiger partial charge in [-0.2, -0.15) is 0 Å². The summed E-state index contributed by atoms with van der Waals surface area (Å²) in [4.78, 5) is -0.156. The average molecular weight is 550 g/mol. The number of hydrogen-bond acceptors (Lipinski definition) is 6. The molecule has 0 atom stereocenters. The minimum Gasteiger partial charge on any atom is -0.493 e. The van der Waals surface area contributed by atoms with Crippen molar-refractivity contribution >= 4 is 49.6 Å². The van der Waals surface area contributed by atoms with Gasteiger partial charge < -0.3 is 19.7 Å². The molecule has 0 saturated heterocycles. The van der Waals surface area contributed by atoms with Crippen molar-refractivity contribution in [2.75, 3.05) is 5.32 Å². The maximum Gasteiger partial charge on any atom is 0.573 e. The molecule has 14 heteroatoms. The molecule has 0 spiro atoms. The van der Waals surface area contributed by atoms with Gasteiger partial charge in [0.05, 0.1) is 17.0 Å². The van der Waals surface area contributed by atoms with Crippen molar-refractivity contribution in [2.24, 2.45) is 15.4 Å².